The highest BCUT2D eigenvalue weighted by Crippen LogP contribution is 2.49. The molecule has 2 aromatic heterocycles. The van der Waals surface area contributed by atoms with E-state index >= 15 is 0 Å². The van der Waals surface area contributed by atoms with E-state index in [0.29, 0.717) is 43.6 Å². The molecule has 12 heteroatoms. The van der Waals surface area contributed by atoms with Crippen LogP contribution in [0, 0.1) is 5.82 Å². The third-order valence-corrected chi connectivity index (χ3v) is 8.67. The van der Waals surface area contributed by atoms with E-state index < -0.39 is 41.9 Å². The van der Waals surface area contributed by atoms with Crippen LogP contribution in [0.3, 0.4) is 0 Å². The highest BCUT2D eigenvalue weighted by molar-refractivity contribution is 5.97. The highest BCUT2D eigenvalue weighted by Gasteiger charge is 2.54. The van der Waals surface area contributed by atoms with E-state index in [9.17, 15) is 23.5 Å². The third kappa shape index (κ3) is 7.29. The topological polar surface area (TPSA) is 130 Å². The van der Waals surface area contributed by atoms with Crippen molar-refractivity contribution in [3.05, 3.63) is 59.4 Å². The SMILES string of the molecule is CO[C@H](CF)CN(CCCCc1ccc2c(n1)NCCC2)CC[C@H](NC(=O)C1(c2ncnc3c(F)cccc23)CC1)C(=O)O. The minimum Gasteiger partial charge on any atom is -0.480 e. The molecule has 0 bridgehead atoms. The lowest BCUT2D eigenvalue weighted by Crippen LogP contribution is -2.48. The van der Waals surface area contributed by atoms with Crippen molar-refractivity contribution in [1.29, 1.82) is 0 Å². The molecule has 3 heterocycles. The van der Waals surface area contributed by atoms with Gasteiger partial charge < -0.3 is 25.4 Å². The second-order valence-electron chi connectivity index (χ2n) is 11.7. The lowest BCUT2D eigenvalue weighted by atomic mass is 9.96. The van der Waals surface area contributed by atoms with Crippen LogP contribution in [0.5, 0.6) is 0 Å². The number of carbonyl (C=O) groups is 2. The van der Waals surface area contributed by atoms with Crippen LogP contribution in [-0.2, 0) is 32.6 Å². The van der Waals surface area contributed by atoms with Gasteiger partial charge in [-0.05, 0) is 75.6 Å². The van der Waals surface area contributed by atoms with Crippen LogP contribution in [0.1, 0.15) is 55.5 Å². The summed E-state index contributed by atoms with van der Waals surface area (Å²) in [4.78, 5) is 40.8. The van der Waals surface area contributed by atoms with Crippen molar-refractivity contribution in [1.82, 2.24) is 25.2 Å². The van der Waals surface area contributed by atoms with E-state index in [2.05, 4.69) is 32.7 Å². The number of carboxylic acids is 1. The van der Waals surface area contributed by atoms with Gasteiger partial charge in [0, 0.05) is 37.8 Å². The maximum atomic E-state index is 14.4. The Morgan fingerprint density at radius 3 is 2.77 bits per heavy atom. The first-order valence-corrected chi connectivity index (χ1v) is 15.3. The molecule has 10 nitrogen and oxygen atoms in total. The zero-order valence-electron chi connectivity index (χ0n) is 25.0. The van der Waals surface area contributed by atoms with Gasteiger partial charge in [0.2, 0.25) is 5.91 Å². The van der Waals surface area contributed by atoms with Gasteiger partial charge in [0.25, 0.3) is 0 Å². The summed E-state index contributed by atoms with van der Waals surface area (Å²) in [5.41, 5.74) is 1.76. The number of rotatable bonds is 16. The molecule has 236 valence electrons. The molecule has 1 amide bonds. The second kappa shape index (κ2) is 14.3. The Balaban J connectivity index is 1.19. The van der Waals surface area contributed by atoms with Gasteiger partial charge in [-0.1, -0.05) is 18.2 Å². The predicted molar refractivity (Wildman–Crippen MR) is 162 cm³/mol. The van der Waals surface area contributed by atoms with Crippen LogP contribution >= 0.6 is 0 Å². The first-order valence-electron chi connectivity index (χ1n) is 15.3. The molecule has 1 fully saturated rings. The largest absolute Gasteiger partial charge is 0.480 e. The minimum atomic E-state index is -1.16. The van der Waals surface area contributed by atoms with Gasteiger partial charge in [-0.2, -0.15) is 0 Å². The molecule has 3 N–H and O–H groups in total. The molecule has 1 aliphatic carbocycles. The summed E-state index contributed by atoms with van der Waals surface area (Å²) in [5.74, 6) is -1.15. The van der Waals surface area contributed by atoms with Crippen LogP contribution in [0.4, 0.5) is 14.6 Å². The standard InChI is InChI=1S/C32H40F2N6O4/c1-44-23(18-33)19-40(16-3-2-7-22-11-10-21-6-5-15-35-29(21)38-22)17-12-26(30(41)42)39-31(43)32(13-14-32)28-24-8-4-9-25(34)27(24)36-20-37-28/h4,8-11,20,23,26H,2-3,5-7,12-19H2,1H3,(H,35,38)(H,39,43)(H,41,42)/t23-,26+/m1/s1. The van der Waals surface area contributed by atoms with Crippen LogP contribution in [0.25, 0.3) is 10.9 Å². The average molecular weight is 611 g/mol. The molecule has 0 spiro atoms. The summed E-state index contributed by atoms with van der Waals surface area (Å²) in [6.07, 6.45) is 6.29. The molecular weight excluding hydrogens is 570 g/mol. The number of halogens is 2. The number of fused-ring (bicyclic) bond motifs is 2. The number of anilines is 1. The van der Waals surface area contributed by atoms with E-state index in [4.69, 9.17) is 9.72 Å². The van der Waals surface area contributed by atoms with Gasteiger partial charge in [-0.25, -0.2) is 28.5 Å². The number of ether oxygens (including phenoxy) is 1. The molecule has 2 atom stereocenters. The van der Waals surface area contributed by atoms with Gasteiger partial charge in [0.15, 0.2) is 0 Å². The molecule has 0 saturated heterocycles. The summed E-state index contributed by atoms with van der Waals surface area (Å²) < 4.78 is 33.2. The summed E-state index contributed by atoms with van der Waals surface area (Å²) in [5, 5.41) is 16.5. The Kier molecular flexibility index (Phi) is 10.3. The first-order chi connectivity index (χ1) is 21.3. The Morgan fingerprint density at radius 1 is 1.18 bits per heavy atom. The van der Waals surface area contributed by atoms with Crippen molar-refractivity contribution < 1.29 is 28.2 Å². The molecule has 3 aromatic rings. The molecule has 0 unspecified atom stereocenters. The summed E-state index contributed by atoms with van der Waals surface area (Å²) in [6, 6.07) is 7.55. The quantitative estimate of drug-likeness (QED) is 0.207. The maximum Gasteiger partial charge on any atom is 0.326 e. The minimum absolute atomic E-state index is 0.122. The van der Waals surface area contributed by atoms with Crippen molar-refractivity contribution in [3.63, 3.8) is 0 Å². The first kappa shape index (κ1) is 31.6. The number of nitrogens with zero attached hydrogens (tertiary/aromatic N) is 4. The summed E-state index contributed by atoms with van der Waals surface area (Å²) in [6.45, 7) is 1.52. The summed E-state index contributed by atoms with van der Waals surface area (Å²) in [7, 11) is 1.45. The number of hydrogen-bond donors (Lipinski definition) is 3. The Labute approximate surface area is 255 Å². The molecule has 2 aliphatic rings. The van der Waals surface area contributed by atoms with Crippen molar-refractivity contribution in [2.24, 2.45) is 0 Å². The fraction of sp³-hybridized carbons (Fsp3) is 0.531. The smallest absolute Gasteiger partial charge is 0.326 e. The van der Waals surface area contributed by atoms with E-state index in [1.54, 1.807) is 12.1 Å². The van der Waals surface area contributed by atoms with Gasteiger partial charge in [0.1, 0.15) is 36.2 Å². The predicted octanol–water partition coefficient (Wildman–Crippen LogP) is 3.82. The number of alkyl halides is 1. The van der Waals surface area contributed by atoms with Crippen molar-refractivity contribution in [3.8, 4) is 0 Å². The fourth-order valence-electron chi connectivity index (χ4n) is 5.91. The number of nitrogens with one attached hydrogen (secondary N) is 2. The number of carboxylic acid groups (broad SMARTS) is 1. The fourth-order valence-corrected chi connectivity index (χ4v) is 5.91. The van der Waals surface area contributed by atoms with Crippen LogP contribution in [-0.4, -0.2) is 88.9 Å². The number of aromatic nitrogens is 3. The van der Waals surface area contributed by atoms with E-state index in [1.165, 1.54) is 25.1 Å². The van der Waals surface area contributed by atoms with Gasteiger partial charge in [-0.15, -0.1) is 0 Å². The Hall–Kier alpha value is -3.77. The number of unbranched alkanes of at least 4 members (excludes halogenated alkanes) is 1. The number of hydrogen-bond acceptors (Lipinski definition) is 8. The third-order valence-electron chi connectivity index (χ3n) is 8.67. The second-order valence-corrected chi connectivity index (χ2v) is 11.7. The molecule has 44 heavy (non-hydrogen) atoms. The number of carbonyl (C=O) groups excluding carboxylic acids is 1. The Bertz CT molecular complexity index is 1470. The number of aryl methyl sites for hydroxylation is 2. The lowest BCUT2D eigenvalue weighted by Gasteiger charge is -2.27. The van der Waals surface area contributed by atoms with Crippen molar-refractivity contribution in [2.75, 3.05) is 45.3 Å². The zero-order valence-corrected chi connectivity index (χ0v) is 25.0. The van der Waals surface area contributed by atoms with Crippen LogP contribution in [0.2, 0.25) is 0 Å². The van der Waals surface area contributed by atoms with Gasteiger partial charge >= 0.3 is 5.97 Å². The number of amides is 1. The van der Waals surface area contributed by atoms with Crippen molar-refractivity contribution in [2.45, 2.75) is 68.9 Å². The number of aliphatic carboxylic acids is 1. The van der Waals surface area contributed by atoms with Crippen LogP contribution < -0.4 is 10.6 Å². The molecular formula is C32H40F2N6O4. The van der Waals surface area contributed by atoms with Crippen molar-refractivity contribution >= 4 is 28.6 Å². The van der Waals surface area contributed by atoms with Crippen LogP contribution in [0.15, 0.2) is 36.7 Å². The maximum absolute atomic E-state index is 14.4. The lowest BCUT2D eigenvalue weighted by molar-refractivity contribution is -0.142. The van der Waals surface area contributed by atoms with E-state index in [-0.39, 0.29) is 11.9 Å². The van der Waals surface area contributed by atoms with Gasteiger partial charge in [0.05, 0.1) is 17.2 Å². The Morgan fingerprint density at radius 2 is 2.02 bits per heavy atom. The monoisotopic (exact) mass is 610 g/mol. The zero-order chi connectivity index (χ0) is 31.1. The summed E-state index contributed by atoms with van der Waals surface area (Å²) >= 11 is 0. The molecule has 1 aliphatic heterocycles. The number of benzene rings is 1. The van der Waals surface area contributed by atoms with E-state index in [1.807, 2.05) is 4.90 Å². The molecule has 1 saturated carbocycles. The highest BCUT2D eigenvalue weighted by atomic mass is 19.1. The normalized spacial score (nSPS) is 16.6. The number of methoxy groups -OCH3 is 1. The molecule has 5 rings (SSSR count). The van der Waals surface area contributed by atoms with E-state index in [0.717, 1.165) is 50.2 Å². The molecule has 1 aromatic carbocycles. The van der Waals surface area contributed by atoms with Gasteiger partial charge in [-0.3, -0.25) is 4.79 Å². The molecule has 0 radical (unpaired) electrons. The number of para-hydroxylation sites is 1. The number of pyridine rings is 1. The average Bonchev–Trinajstić information content (AvgIpc) is 3.85.